The van der Waals surface area contributed by atoms with Gasteiger partial charge in [-0.25, -0.2) is 0 Å². The van der Waals surface area contributed by atoms with Gasteiger partial charge in [0.05, 0.1) is 0 Å². The minimum Gasteiger partial charge on any atom is -0.0991 e. The van der Waals surface area contributed by atoms with Gasteiger partial charge < -0.3 is 0 Å². The first-order chi connectivity index (χ1) is 7.79. The molecule has 0 aromatic rings. The van der Waals surface area contributed by atoms with Crippen LogP contribution in [-0.2, 0) is 0 Å². The van der Waals surface area contributed by atoms with E-state index in [9.17, 15) is 0 Å². The van der Waals surface area contributed by atoms with Crippen molar-refractivity contribution in [2.75, 3.05) is 0 Å². The van der Waals surface area contributed by atoms with E-state index in [2.05, 4.69) is 56.0 Å². The summed E-state index contributed by atoms with van der Waals surface area (Å²) in [4.78, 5) is 0. The molecule has 0 nitrogen and oxygen atoms in total. The summed E-state index contributed by atoms with van der Waals surface area (Å²) < 4.78 is 0. The SMILES string of the molecule is C=C\C=C/C(=C/C)C(/C=C\C)=C\C=C/CC. The van der Waals surface area contributed by atoms with Crippen molar-refractivity contribution < 1.29 is 0 Å². The molecule has 0 radical (unpaired) electrons. The lowest BCUT2D eigenvalue weighted by Crippen LogP contribution is -1.82. The van der Waals surface area contributed by atoms with Crippen molar-refractivity contribution in [3.63, 3.8) is 0 Å². The van der Waals surface area contributed by atoms with Gasteiger partial charge in [-0.3, -0.25) is 0 Å². The van der Waals surface area contributed by atoms with Crippen molar-refractivity contribution in [2.45, 2.75) is 27.2 Å². The van der Waals surface area contributed by atoms with Crippen LogP contribution in [0, 0.1) is 0 Å². The molecule has 0 unspecified atom stereocenters. The third-order valence-corrected chi connectivity index (χ3v) is 2.05. The first-order valence-electron chi connectivity index (χ1n) is 5.75. The van der Waals surface area contributed by atoms with Crippen LogP contribution in [0.3, 0.4) is 0 Å². The molecule has 0 heteroatoms. The summed E-state index contributed by atoms with van der Waals surface area (Å²) in [6.07, 6.45) is 19.5. The maximum atomic E-state index is 3.68. The summed E-state index contributed by atoms with van der Waals surface area (Å²) in [5.74, 6) is 0. The van der Waals surface area contributed by atoms with Crippen LogP contribution in [0.5, 0.6) is 0 Å². The van der Waals surface area contributed by atoms with Crippen LogP contribution in [0.4, 0.5) is 0 Å². The monoisotopic (exact) mass is 214 g/mol. The summed E-state index contributed by atoms with van der Waals surface area (Å²) in [7, 11) is 0. The zero-order chi connectivity index (χ0) is 12.2. The maximum absolute atomic E-state index is 3.68. The van der Waals surface area contributed by atoms with E-state index >= 15 is 0 Å². The Hall–Kier alpha value is -1.56. The Kier molecular flexibility index (Phi) is 9.00. The largest absolute Gasteiger partial charge is 0.0991 e. The van der Waals surface area contributed by atoms with E-state index in [1.807, 2.05) is 19.9 Å². The van der Waals surface area contributed by atoms with Gasteiger partial charge >= 0.3 is 0 Å². The van der Waals surface area contributed by atoms with Crippen LogP contribution in [0.1, 0.15) is 27.2 Å². The molecule has 0 bridgehead atoms. The molecule has 0 heterocycles. The highest BCUT2D eigenvalue weighted by molar-refractivity contribution is 5.48. The zero-order valence-electron chi connectivity index (χ0n) is 10.6. The second-order valence-corrected chi connectivity index (χ2v) is 3.30. The molecular weight excluding hydrogens is 192 g/mol. The van der Waals surface area contributed by atoms with Gasteiger partial charge in [0.1, 0.15) is 0 Å². The van der Waals surface area contributed by atoms with Crippen molar-refractivity contribution in [1.82, 2.24) is 0 Å². The topological polar surface area (TPSA) is 0 Å². The van der Waals surface area contributed by atoms with Crippen molar-refractivity contribution in [2.24, 2.45) is 0 Å². The normalized spacial score (nSPS) is 14.4. The Bertz CT molecular complexity index is 333. The zero-order valence-corrected chi connectivity index (χ0v) is 10.6. The standard InChI is InChI=1S/C16H22/c1-5-9-11-14-16(12-7-3)15(8-4)13-10-6-2/h6-14H,2,5H2,1,3-4H3/b11-9-,12-7-,13-10-,15-8-,16-14-. The lowest BCUT2D eigenvalue weighted by atomic mass is 10.0. The van der Waals surface area contributed by atoms with Crippen LogP contribution in [0.15, 0.2) is 72.4 Å². The van der Waals surface area contributed by atoms with Gasteiger partial charge in [0.15, 0.2) is 0 Å². The van der Waals surface area contributed by atoms with Crippen LogP contribution >= 0.6 is 0 Å². The summed E-state index contributed by atoms with van der Waals surface area (Å²) in [5, 5.41) is 0. The fourth-order valence-corrected chi connectivity index (χ4v) is 1.27. The van der Waals surface area contributed by atoms with Crippen molar-refractivity contribution >= 4 is 0 Å². The maximum Gasteiger partial charge on any atom is -0.0191 e. The minimum atomic E-state index is 1.06. The predicted molar refractivity (Wildman–Crippen MR) is 75.4 cm³/mol. The highest BCUT2D eigenvalue weighted by Crippen LogP contribution is 2.13. The molecule has 0 atom stereocenters. The van der Waals surface area contributed by atoms with Gasteiger partial charge in [0, 0.05) is 0 Å². The number of hydrogen-bond acceptors (Lipinski definition) is 0. The molecule has 0 amide bonds. The van der Waals surface area contributed by atoms with Crippen LogP contribution in [0.25, 0.3) is 0 Å². The second-order valence-electron chi connectivity index (χ2n) is 3.30. The van der Waals surface area contributed by atoms with E-state index < -0.39 is 0 Å². The Balaban J connectivity index is 5.01. The Morgan fingerprint density at radius 3 is 2.31 bits per heavy atom. The highest BCUT2D eigenvalue weighted by atomic mass is 14.0. The third kappa shape index (κ3) is 6.02. The molecule has 0 rings (SSSR count). The summed E-state index contributed by atoms with van der Waals surface area (Å²) in [6.45, 7) is 9.89. The fourth-order valence-electron chi connectivity index (χ4n) is 1.27. The molecule has 0 spiro atoms. The molecule has 86 valence electrons. The van der Waals surface area contributed by atoms with Gasteiger partial charge in [-0.1, -0.05) is 68.2 Å². The van der Waals surface area contributed by atoms with E-state index in [1.54, 1.807) is 6.08 Å². The first-order valence-corrected chi connectivity index (χ1v) is 5.75. The van der Waals surface area contributed by atoms with E-state index in [0.717, 1.165) is 6.42 Å². The second kappa shape index (κ2) is 9.97. The molecule has 0 aromatic heterocycles. The van der Waals surface area contributed by atoms with Crippen LogP contribution in [-0.4, -0.2) is 0 Å². The van der Waals surface area contributed by atoms with Crippen LogP contribution < -0.4 is 0 Å². The van der Waals surface area contributed by atoms with Crippen molar-refractivity contribution in [3.05, 3.63) is 72.4 Å². The molecule has 0 fully saturated rings. The molecule has 0 aliphatic heterocycles. The quantitative estimate of drug-likeness (QED) is 0.537. The van der Waals surface area contributed by atoms with Crippen molar-refractivity contribution in [3.8, 4) is 0 Å². The summed E-state index contributed by atoms with van der Waals surface area (Å²) in [5.41, 5.74) is 2.42. The van der Waals surface area contributed by atoms with Gasteiger partial charge in [0.25, 0.3) is 0 Å². The van der Waals surface area contributed by atoms with Crippen LogP contribution in [0.2, 0.25) is 0 Å². The molecule has 0 saturated heterocycles. The Morgan fingerprint density at radius 2 is 1.81 bits per heavy atom. The van der Waals surface area contributed by atoms with E-state index in [4.69, 9.17) is 0 Å². The summed E-state index contributed by atoms with van der Waals surface area (Å²) >= 11 is 0. The average molecular weight is 214 g/mol. The van der Waals surface area contributed by atoms with Crippen molar-refractivity contribution in [1.29, 1.82) is 0 Å². The first kappa shape index (κ1) is 14.4. The Labute approximate surface area is 100 Å². The third-order valence-electron chi connectivity index (χ3n) is 2.05. The predicted octanol–water partition coefficient (Wildman–Crippen LogP) is 5.14. The molecule has 0 N–H and O–H groups in total. The molecular formula is C16H22. The molecule has 0 saturated carbocycles. The van der Waals surface area contributed by atoms with E-state index in [1.165, 1.54) is 11.1 Å². The lowest BCUT2D eigenvalue weighted by molar-refractivity contribution is 1.22. The number of allylic oxidation sites excluding steroid dienone is 11. The van der Waals surface area contributed by atoms with Gasteiger partial charge in [-0.15, -0.1) is 0 Å². The minimum absolute atomic E-state index is 1.06. The smallest absolute Gasteiger partial charge is 0.0191 e. The molecule has 0 aromatic carbocycles. The average Bonchev–Trinajstić information content (AvgIpc) is 2.30. The molecule has 0 aliphatic carbocycles. The highest BCUT2D eigenvalue weighted by Gasteiger charge is 1.94. The fraction of sp³-hybridized carbons (Fsp3) is 0.250. The molecule has 0 aliphatic rings. The summed E-state index contributed by atoms with van der Waals surface area (Å²) in [6, 6.07) is 0. The van der Waals surface area contributed by atoms with Gasteiger partial charge in [0.2, 0.25) is 0 Å². The van der Waals surface area contributed by atoms with Gasteiger partial charge in [-0.2, -0.15) is 0 Å². The number of rotatable bonds is 6. The lowest BCUT2D eigenvalue weighted by Gasteiger charge is -2.01. The molecule has 16 heavy (non-hydrogen) atoms. The van der Waals surface area contributed by atoms with E-state index in [0.29, 0.717) is 0 Å². The van der Waals surface area contributed by atoms with E-state index in [-0.39, 0.29) is 0 Å². The van der Waals surface area contributed by atoms with Gasteiger partial charge in [-0.05, 0) is 31.4 Å². The number of hydrogen-bond donors (Lipinski definition) is 0. The Morgan fingerprint density at radius 1 is 1.06 bits per heavy atom.